The van der Waals surface area contributed by atoms with Crippen LogP contribution in [-0.2, 0) is 9.84 Å². The number of aliphatic hydroxyl groups is 1. The average Bonchev–Trinajstić information content (AvgIpc) is 3.16. The van der Waals surface area contributed by atoms with Crippen LogP contribution in [0.1, 0.15) is 19.3 Å². The van der Waals surface area contributed by atoms with Crippen LogP contribution in [0.4, 0.5) is 23.2 Å². The Hall–Kier alpha value is -1.35. The van der Waals surface area contributed by atoms with Crippen molar-refractivity contribution in [3.8, 4) is 0 Å². The molecule has 0 amide bonds. The largest absolute Gasteiger partial charge is 0.501 e. The molecule has 1 aliphatic carbocycles. The third kappa shape index (κ3) is 3.35. The van der Waals surface area contributed by atoms with Gasteiger partial charge in [0.15, 0.2) is 0 Å². The fourth-order valence-corrected chi connectivity index (χ4v) is 3.15. The lowest BCUT2D eigenvalue weighted by atomic mass is 10.0. The van der Waals surface area contributed by atoms with Gasteiger partial charge in [-0.2, -0.15) is 13.2 Å². The molecule has 0 aromatic heterocycles. The SMILES string of the molecule is O=S(=O)(c1cc(F)ccc1NCC1(CCO)CC1)C(F)(F)F. The molecule has 0 unspecified atom stereocenters. The summed E-state index contributed by atoms with van der Waals surface area (Å²) in [5.41, 5.74) is -6.02. The van der Waals surface area contributed by atoms with Crippen LogP contribution in [0.15, 0.2) is 23.1 Å². The van der Waals surface area contributed by atoms with Crippen LogP contribution in [0.3, 0.4) is 0 Å². The summed E-state index contributed by atoms with van der Waals surface area (Å²) in [7, 11) is -5.64. The molecule has 1 aliphatic rings. The fourth-order valence-electron chi connectivity index (χ4n) is 2.20. The van der Waals surface area contributed by atoms with Crippen molar-refractivity contribution >= 4 is 15.5 Å². The van der Waals surface area contributed by atoms with Crippen LogP contribution in [-0.4, -0.2) is 32.2 Å². The van der Waals surface area contributed by atoms with E-state index < -0.39 is 26.1 Å². The topological polar surface area (TPSA) is 66.4 Å². The first-order chi connectivity index (χ1) is 10.1. The summed E-state index contributed by atoms with van der Waals surface area (Å²) in [4.78, 5) is -1.13. The molecule has 1 fully saturated rings. The van der Waals surface area contributed by atoms with E-state index in [4.69, 9.17) is 5.11 Å². The summed E-state index contributed by atoms with van der Waals surface area (Å²) in [6.45, 7) is 0.165. The molecule has 0 radical (unpaired) electrons. The summed E-state index contributed by atoms with van der Waals surface area (Å²) in [6, 6.07) is 2.23. The third-order valence-corrected chi connectivity index (χ3v) is 5.32. The van der Waals surface area contributed by atoms with E-state index in [-0.39, 0.29) is 24.3 Å². The Bertz CT molecular complexity index is 654. The molecule has 0 bridgehead atoms. The molecule has 22 heavy (non-hydrogen) atoms. The van der Waals surface area contributed by atoms with E-state index >= 15 is 0 Å². The maximum atomic E-state index is 13.2. The van der Waals surface area contributed by atoms with Gasteiger partial charge in [0.1, 0.15) is 10.7 Å². The molecule has 1 aromatic rings. The summed E-state index contributed by atoms with van der Waals surface area (Å²) < 4.78 is 74.2. The third-order valence-electron chi connectivity index (χ3n) is 3.79. The van der Waals surface area contributed by atoms with Gasteiger partial charge in [0.25, 0.3) is 9.84 Å². The quantitative estimate of drug-likeness (QED) is 0.781. The average molecular weight is 341 g/mol. The van der Waals surface area contributed by atoms with Gasteiger partial charge in [-0.05, 0) is 42.9 Å². The second-order valence-corrected chi connectivity index (χ2v) is 7.33. The molecule has 0 spiro atoms. The van der Waals surface area contributed by atoms with Crippen molar-refractivity contribution in [3.05, 3.63) is 24.0 Å². The molecule has 1 saturated carbocycles. The molecular weight excluding hydrogens is 326 g/mol. The van der Waals surface area contributed by atoms with Gasteiger partial charge in [-0.1, -0.05) is 0 Å². The molecule has 0 saturated heterocycles. The number of benzene rings is 1. The lowest BCUT2D eigenvalue weighted by molar-refractivity contribution is -0.0435. The highest BCUT2D eigenvalue weighted by Crippen LogP contribution is 2.48. The minimum absolute atomic E-state index is 0.0567. The van der Waals surface area contributed by atoms with Crippen molar-refractivity contribution in [2.45, 2.75) is 29.7 Å². The molecule has 2 N–H and O–H groups in total. The van der Waals surface area contributed by atoms with Gasteiger partial charge in [0, 0.05) is 13.2 Å². The lowest BCUT2D eigenvalue weighted by Gasteiger charge is -2.18. The molecule has 124 valence electrons. The highest BCUT2D eigenvalue weighted by Gasteiger charge is 2.48. The smallest absolute Gasteiger partial charge is 0.396 e. The van der Waals surface area contributed by atoms with E-state index in [2.05, 4.69) is 5.32 Å². The fraction of sp³-hybridized carbons (Fsp3) is 0.538. The van der Waals surface area contributed by atoms with Crippen LogP contribution in [0, 0.1) is 11.2 Å². The predicted octanol–water partition coefficient (Wildman–Crippen LogP) is 2.69. The van der Waals surface area contributed by atoms with Crippen LogP contribution < -0.4 is 5.32 Å². The van der Waals surface area contributed by atoms with Gasteiger partial charge < -0.3 is 10.4 Å². The monoisotopic (exact) mass is 341 g/mol. The number of anilines is 1. The minimum atomic E-state index is -5.64. The highest BCUT2D eigenvalue weighted by atomic mass is 32.2. The van der Waals surface area contributed by atoms with Gasteiger partial charge in [-0.25, -0.2) is 12.8 Å². The number of aliphatic hydroxyl groups excluding tert-OH is 1. The zero-order chi connectivity index (χ0) is 16.6. The van der Waals surface area contributed by atoms with Crippen molar-refractivity contribution < 1.29 is 31.1 Å². The van der Waals surface area contributed by atoms with Crippen molar-refractivity contribution in [3.63, 3.8) is 0 Å². The second kappa shape index (κ2) is 5.69. The van der Waals surface area contributed by atoms with Crippen molar-refractivity contribution in [1.29, 1.82) is 0 Å². The highest BCUT2D eigenvalue weighted by molar-refractivity contribution is 7.92. The molecule has 9 heteroatoms. The minimum Gasteiger partial charge on any atom is -0.396 e. The molecule has 0 heterocycles. The summed E-state index contributed by atoms with van der Waals surface area (Å²) in [6.07, 6.45) is 2.06. The van der Waals surface area contributed by atoms with E-state index in [9.17, 15) is 26.0 Å². The van der Waals surface area contributed by atoms with Crippen LogP contribution in [0.2, 0.25) is 0 Å². The van der Waals surface area contributed by atoms with Crippen molar-refractivity contribution in [2.75, 3.05) is 18.5 Å². The van der Waals surface area contributed by atoms with Gasteiger partial charge in [0.05, 0.1) is 5.69 Å². The number of rotatable bonds is 6. The van der Waals surface area contributed by atoms with Gasteiger partial charge in [-0.15, -0.1) is 0 Å². The van der Waals surface area contributed by atoms with Crippen molar-refractivity contribution in [2.24, 2.45) is 5.41 Å². The Morgan fingerprint density at radius 3 is 2.41 bits per heavy atom. The lowest BCUT2D eigenvalue weighted by Crippen LogP contribution is -2.25. The zero-order valence-corrected chi connectivity index (χ0v) is 12.3. The van der Waals surface area contributed by atoms with E-state index in [1.165, 1.54) is 0 Å². The van der Waals surface area contributed by atoms with Crippen molar-refractivity contribution in [1.82, 2.24) is 0 Å². The van der Waals surface area contributed by atoms with Crippen LogP contribution in [0.5, 0.6) is 0 Å². The number of hydrogen-bond acceptors (Lipinski definition) is 4. The van der Waals surface area contributed by atoms with E-state index in [1.54, 1.807) is 0 Å². The molecule has 4 nitrogen and oxygen atoms in total. The molecule has 2 rings (SSSR count). The molecule has 0 atom stereocenters. The Labute approximate surface area is 125 Å². The van der Waals surface area contributed by atoms with E-state index in [0.29, 0.717) is 12.5 Å². The first kappa shape index (κ1) is 17.0. The first-order valence-corrected chi connectivity index (χ1v) is 8.05. The second-order valence-electron chi connectivity index (χ2n) is 5.42. The normalized spacial score (nSPS) is 17.3. The summed E-state index contributed by atoms with van der Waals surface area (Å²) >= 11 is 0. The number of halogens is 4. The van der Waals surface area contributed by atoms with Crippen LogP contribution >= 0.6 is 0 Å². The van der Waals surface area contributed by atoms with Gasteiger partial charge in [-0.3, -0.25) is 0 Å². The standard InChI is InChI=1S/C13H15F4NO3S/c14-9-1-2-10(18-8-12(3-4-12)5-6-19)11(7-9)22(20,21)13(15,16)17/h1-2,7,18-19H,3-6,8H2. The zero-order valence-electron chi connectivity index (χ0n) is 11.5. The Balaban J connectivity index is 2.29. The van der Waals surface area contributed by atoms with Crippen LogP contribution in [0.25, 0.3) is 0 Å². The Morgan fingerprint density at radius 2 is 1.91 bits per heavy atom. The maximum Gasteiger partial charge on any atom is 0.501 e. The number of sulfone groups is 1. The number of hydrogen-bond donors (Lipinski definition) is 2. The maximum absolute atomic E-state index is 13.2. The van der Waals surface area contributed by atoms with Gasteiger partial charge in [0.2, 0.25) is 0 Å². The first-order valence-electron chi connectivity index (χ1n) is 6.57. The summed E-state index contributed by atoms with van der Waals surface area (Å²) in [5, 5.41) is 11.6. The number of alkyl halides is 3. The molecule has 0 aliphatic heterocycles. The Morgan fingerprint density at radius 1 is 1.27 bits per heavy atom. The summed E-state index contributed by atoms with van der Waals surface area (Å²) in [5.74, 6) is -1.06. The predicted molar refractivity (Wildman–Crippen MR) is 71.5 cm³/mol. The Kier molecular flexibility index (Phi) is 4.40. The van der Waals surface area contributed by atoms with E-state index in [0.717, 1.165) is 25.0 Å². The van der Waals surface area contributed by atoms with Gasteiger partial charge >= 0.3 is 5.51 Å². The van der Waals surface area contributed by atoms with E-state index in [1.807, 2.05) is 0 Å². The molecular formula is C13H15F4NO3S. The molecule has 1 aromatic carbocycles. The number of nitrogens with one attached hydrogen (secondary N) is 1.